The molecule has 0 aromatic heterocycles. The van der Waals surface area contributed by atoms with E-state index < -0.39 is 36.5 Å². The number of aliphatic hydroxyl groups excluding tert-OH is 2. The van der Waals surface area contributed by atoms with Gasteiger partial charge in [0.2, 0.25) is 0 Å². The van der Waals surface area contributed by atoms with Crippen molar-refractivity contribution in [2.45, 2.75) is 334 Å². The molecule has 0 spiro atoms. The van der Waals surface area contributed by atoms with E-state index >= 15 is 0 Å². The minimum Gasteiger partial charge on any atom is -0.465 e. The molecule has 0 bridgehead atoms. The highest BCUT2D eigenvalue weighted by atomic mass is 16.6. The maximum absolute atomic E-state index is 12.5. The van der Waals surface area contributed by atoms with Gasteiger partial charge in [0.1, 0.15) is 13.2 Å². The molecule has 1 aliphatic heterocycles. The maximum atomic E-state index is 12.5. The van der Waals surface area contributed by atoms with Gasteiger partial charge in [-0.2, -0.15) is 0 Å². The van der Waals surface area contributed by atoms with Gasteiger partial charge in [0, 0.05) is 0 Å². The number of rotatable bonds is 53. The summed E-state index contributed by atoms with van der Waals surface area (Å²) in [5, 5.41) is 19.2. The van der Waals surface area contributed by atoms with Gasteiger partial charge in [-0.15, -0.1) is 0 Å². The highest BCUT2D eigenvalue weighted by Crippen LogP contribution is 2.25. The molecule has 1 saturated heterocycles. The third-order valence-corrected chi connectivity index (χ3v) is 15.3. The van der Waals surface area contributed by atoms with Crippen LogP contribution in [0.3, 0.4) is 0 Å². The number of hydrogen-bond acceptors (Lipinski definition) is 6. The van der Waals surface area contributed by atoms with Crippen molar-refractivity contribution >= 4 is 11.9 Å². The molecule has 1 fully saturated rings. The average molecular weight is 960 g/mol. The van der Waals surface area contributed by atoms with E-state index in [0.717, 1.165) is 19.3 Å². The minimum atomic E-state index is -1.12. The summed E-state index contributed by atoms with van der Waals surface area (Å²) in [6.45, 7) is 1.21. The van der Waals surface area contributed by atoms with Crippen LogP contribution in [0.2, 0.25) is 0 Å². The molecule has 402 valence electrons. The summed E-state index contributed by atoms with van der Waals surface area (Å²) in [6, 6.07) is 0. The molecule has 1 unspecified atom stereocenters. The first-order valence-electron chi connectivity index (χ1n) is 30.8. The van der Waals surface area contributed by atoms with E-state index in [1.54, 1.807) is 0 Å². The molecule has 1 atom stereocenters. The lowest BCUT2D eigenvalue weighted by atomic mass is 9.92. The second-order valence-electron chi connectivity index (χ2n) is 22.1. The highest BCUT2D eigenvalue weighted by Gasteiger charge is 2.36. The number of esters is 2. The van der Waals surface area contributed by atoms with Crippen LogP contribution in [0.4, 0.5) is 0 Å². The Balaban J connectivity index is 1.69. The van der Waals surface area contributed by atoms with Crippen LogP contribution in [-0.2, 0) is 19.1 Å². The first kappa shape index (κ1) is 64.6. The zero-order chi connectivity index (χ0) is 49.0. The van der Waals surface area contributed by atoms with Crippen LogP contribution in [0.15, 0.2) is 12.2 Å². The summed E-state index contributed by atoms with van der Waals surface area (Å²) in [5.74, 6) is -1.40. The fourth-order valence-corrected chi connectivity index (χ4v) is 10.2. The maximum Gasteiger partial charge on any atom is 0.309 e. The van der Waals surface area contributed by atoms with Gasteiger partial charge in [-0.3, -0.25) is 9.59 Å². The smallest absolute Gasteiger partial charge is 0.309 e. The molecule has 6 nitrogen and oxygen atoms in total. The molecule has 0 saturated carbocycles. The Morgan fingerprint density at radius 1 is 0.382 bits per heavy atom. The number of hydrogen-bond donors (Lipinski definition) is 2. The Hall–Kier alpha value is -1.40. The first-order chi connectivity index (χ1) is 33.6. The fraction of sp³-hybridized carbons (Fsp3) is 0.935. The predicted octanol–water partition coefficient (Wildman–Crippen LogP) is 19.1. The molecule has 6 heteroatoms. The van der Waals surface area contributed by atoms with E-state index in [2.05, 4.69) is 19.1 Å². The van der Waals surface area contributed by atoms with Gasteiger partial charge in [-0.1, -0.05) is 308 Å². The van der Waals surface area contributed by atoms with Crippen molar-refractivity contribution in [3.05, 3.63) is 12.2 Å². The van der Waals surface area contributed by atoms with E-state index in [1.165, 1.54) is 295 Å². The van der Waals surface area contributed by atoms with Crippen molar-refractivity contribution in [1.29, 1.82) is 0 Å². The quantitative estimate of drug-likeness (QED) is 0.0358. The van der Waals surface area contributed by atoms with Gasteiger partial charge < -0.3 is 19.7 Å². The normalized spacial score (nSPS) is 15.4. The second kappa shape index (κ2) is 51.9. The Morgan fingerprint density at radius 2 is 0.632 bits per heavy atom. The lowest BCUT2D eigenvalue weighted by molar-refractivity contribution is -0.155. The van der Waals surface area contributed by atoms with Crippen molar-refractivity contribution < 1.29 is 29.3 Å². The predicted molar refractivity (Wildman–Crippen MR) is 292 cm³/mol. The summed E-state index contributed by atoms with van der Waals surface area (Å²) < 4.78 is 10.6. The summed E-state index contributed by atoms with van der Waals surface area (Å²) in [6.07, 6.45) is 74.2. The lowest BCUT2D eigenvalue weighted by Crippen LogP contribution is -2.40. The largest absolute Gasteiger partial charge is 0.465 e. The number of unbranched alkanes of at least 4 members (excludes halogenated alkanes) is 47. The van der Waals surface area contributed by atoms with Gasteiger partial charge in [-0.25, -0.2) is 0 Å². The monoisotopic (exact) mass is 959 g/mol. The Bertz CT molecular complexity index is 1070. The molecule has 1 rings (SSSR count). The number of allylic oxidation sites excluding steroid dienone is 2. The molecule has 0 aromatic rings. The van der Waals surface area contributed by atoms with Crippen molar-refractivity contribution in [3.8, 4) is 0 Å². The number of carbonyl (C=O) groups is 2. The van der Waals surface area contributed by atoms with Crippen LogP contribution in [0.25, 0.3) is 0 Å². The van der Waals surface area contributed by atoms with Crippen molar-refractivity contribution in [2.75, 3.05) is 26.4 Å². The van der Waals surface area contributed by atoms with Gasteiger partial charge in [0.15, 0.2) is 0 Å². The third-order valence-electron chi connectivity index (χ3n) is 15.3. The van der Waals surface area contributed by atoms with Crippen LogP contribution in [0.1, 0.15) is 334 Å². The van der Waals surface area contributed by atoms with Gasteiger partial charge in [-0.05, 0) is 32.1 Å². The molecule has 0 aromatic carbocycles. The van der Waals surface area contributed by atoms with Crippen molar-refractivity contribution in [1.82, 2.24) is 0 Å². The highest BCUT2D eigenvalue weighted by molar-refractivity contribution is 5.80. The van der Waals surface area contributed by atoms with Gasteiger partial charge in [0.05, 0.1) is 31.0 Å². The number of carbonyl (C=O) groups excluding carboxylic acids is 2. The second-order valence-corrected chi connectivity index (χ2v) is 22.1. The number of aliphatic hydroxyl groups is 2. The lowest BCUT2D eigenvalue weighted by Gasteiger charge is -2.27. The summed E-state index contributed by atoms with van der Waals surface area (Å²) in [7, 11) is 0. The van der Waals surface area contributed by atoms with Crippen LogP contribution in [0.5, 0.6) is 0 Å². The molecule has 0 aliphatic carbocycles. The molecule has 68 heavy (non-hydrogen) atoms. The van der Waals surface area contributed by atoms with E-state index in [4.69, 9.17) is 9.47 Å². The third kappa shape index (κ3) is 43.4. The molecular weight excluding hydrogens is 841 g/mol. The van der Waals surface area contributed by atoms with E-state index in [9.17, 15) is 19.8 Å². The van der Waals surface area contributed by atoms with Crippen LogP contribution < -0.4 is 0 Å². The molecular formula is C62H118O6. The molecule has 2 N–H and O–H groups in total. The van der Waals surface area contributed by atoms with Crippen molar-refractivity contribution in [3.63, 3.8) is 0 Å². The standard InChI is InChI=1S/C62H118O6/c1-2-3-4-5-6-7-8-9-10-11-12-13-14-15-16-17-18-19-20-21-22-23-24-25-26-27-28-29-30-31-32-33-34-35-36-37-38-39-40-41-42-43-44-45-46-47-48-49-50-51-52-53-59-54-60(65)67-57-62(55-63,56-64)58-68-61(59)66/h21-22,59,63-64H,2-20,23-58H2,1H3/b22-21+. The number of cyclic esters (lactones) is 2. The summed E-state index contributed by atoms with van der Waals surface area (Å²) in [5.41, 5.74) is -1.12. The van der Waals surface area contributed by atoms with Crippen LogP contribution in [0, 0.1) is 11.3 Å². The molecule has 1 aliphatic rings. The van der Waals surface area contributed by atoms with Crippen LogP contribution in [-0.4, -0.2) is 48.6 Å². The molecule has 0 amide bonds. The van der Waals surface area contributed by atoms with Crippen LogP contribution >= 0.6 is 0 Å². The first-order valence-corrected chi connectivity index (χ1v) is 30.8. The van der Waals surface area contributed by atoms with E-state index in [-0.39, 0.29) is 19.6 Å². The topological polar surface area (TPSA) is 93.1 Å². The zero-order valence-corrected chi connectivity index (χ0v) is 45.7. The number of ether oxygens (including phenoxy) is 2. The SMILES string of the molecule is CCCCCCCCCCCCCCCCCCCC/C=C/CCCCCCCCCCCCCCCCCCCCCCCCCCCCCCCC1CC(=O)OCC(CO)(CO)COC1=O. The Kier molecular flexibility index (Phi) is 49.4. The van der Waals surface area contributed by atoms with E-state index in [0.29, 0.717) is 6.42 Å². The zero-order valence-electron chi connectivity index (χ0n) is 45.7. The van der Waals surface area contributed by atoms with E-state index in [1.807, 2.05) is 0 Å². The summed E-state index contributed by atoms with van der Waals surface area (Å²) >= 11 is 0. The van der Waals surface area contributed by atoms with Gasteiger partial charge >= 0.3 is 11.9 Å². The Morgan fingerprint density at radius 3 is 0.912 bits per heavy atom. The minimum absolute atomic E-state index is 0.00472. The Labute approximate surface area is 423 Å². The fourth-order valence-electron chi connectivity index (χ4n) is 10.2. The molecule has 1 heterocycles. The summed E-state index contributed by atoms with van der Waals surface area (Å²) in [4.78, 5) is 24.7. The van der Waals surface area contributed by atoms with Gasteiger partial charge in [0.25, 0.3) is 0 Å². The van der Waals surface area contributed by atoms with Crippen molar-refractivity contribution in [2.24, 2.45) is 11.3 Å². The average Bonchev–Trinajstić information content (AvgIpc) is 3.40. The molecule has 0 radical (unpaired) electrons.